The van der Waals surface area contributed by atoms with Gasteiger partial charge in [-0.3, -0.25) is 9.59 Å². The topological polar surface area (TPSA) is 58.2 Å². The van der Waals surface area contributed by atoms with Crippen molar-refractivity contribution >= 4 is 34.7 Å². The van der Waals surface area contributed by atoms with E-state index in [1.54, 1.807) is 24.3 Å². The molecule has 114 valence electrons. The van der Waals surface area contributed by atoms with E-state index in [0.29, 0.717) is 11.3 Å². The zero-order valence-corrected chi connectivity index (χ0v) is 12.6. The monoisotopic (exact) mass is 320 g/mol. The lowest BCUT2D eigenvalue weighted by atomic mass is 10.1. The number of benzene rings is 2. The molecular formula is C16H14ClFN2O2. The Bertz CT molecular complexity index is 719. The van der Waals surface area contributed by atoms with Gasteiger partial charge in [0, 0.05) is 16.3 Å². The van der Waals surface area contributed by atoms with E-state index in [4.69, 9.17) is 11.6 Å². The number of anilines is 2. The van der Waals surface area contributed by atoms with Gasteiger partial charge < -0.3 is 10.6 Å². The van der Waals surface area contributed by atoms with Gasteiger partial charge >= 0.3 is 0 Å². The summed E-state index contributed by atoms with van der Waals surface area (Å²) in [4.78, 5) is 23.1. The first kappa shape index (κ1) is 16.0. The van der Waals surface area contributed by atoms with Gasteiger partial charge in [-0.25, -0.2) is 4.39 Å². The second kappa shape index (κ2) is 7.04. The number of carbonyl (C=O) groups excluding carboxylic acids is 2. The fourth-order valence-electron chi connectivity index (χ4n) is 1.83. The van der Waals surface area contributed by atoms with E-state index < -0.39 is 5.82 Å². The number of nitrogens with one attached hydrogen (secondary N) is 2. The summed E-state index contributed by atoms with van der Waals surface area (Å²) in [5.74, 6) is -0.966. The SMILES string of the molecule is CC(=O)c1cccc(NC(=O)CNc2ccc(Cl)cc2F)c1. The molecule has 0 heterocycles. The van der Waals surface area contributed by atoms with Crippen LogP contribution < -0.4 is 10.6 Å². The van der Waals surface area contributed by atoms with Crippen LogP contribution in [0.5, 0.6) is 0 Å². The first-order valence-electron chi connectivity index (χ1n) is 6.55. The zero-order valence-electron chi connectivity index (χ0n) is 11.8. The third kappa shape index (κ3) is 4.30. The smallest absolute Gasteiger partial charge is 0.243 e. The third-order valence-corrected chi connectivity index (χ3v) is 3.16. The van der Waals surface area contributed by atoms with Crippen molar-refractivity contribution in [1.82, 2.24) is 0 Å². The molecule has 0 spiro atoms. The number of hydrogen-bond donors (Lipinski definition) is 2. The summed E-state index contributed by atoms with van der Waals surface area (Å²) in [6.45, 7) is 1.34. The van der Waals surface area contributed by atoms with Crippen LogP contribution >= 0.6 is 11.6 Å². The summed E-state index contributed by atoms with van der Waals surface area (Å²) >= 11 is 5.65. The van der Waals surface area contributed by atoms with Gasteiger partial charge in [0.15, 0.2) is 5.78 Å². The van der Waals surface area contributed by atoms with Crippen LogP contribution in [0, 0.1) is 5.82 Å². The van der Waals surface area contributed by atoms with Gasteiger partial charge in [0.2, 0.25) is 5.91 Å². The Balaban J connectivity index is 1.95. The van der Waals surface area contributed by atoms with Crippen molar-refractivity contribution in [3.05, 3.63) is 58.9 Å². The predicted octanol–water partition coefficient (Wildman–Crippen LogP) is 3.73. The Labute approximate surface area is 132 Å². The molecule has 2 aromatic carbocycles. The molecule has 4 nitrogen and oxygen atoms in total. The van der Waals surface area contributed by atoms with Gasteiger partial charge in [-0.2, -0.15) is 0 Å². The quantitative estimate of drug-likeness (QED) is 0.825. The maximum atomic E-state index is 13.6. The van der Waals surface area contributed by atoms with Crippen molar-refractivity contribution in [2.45, 2.75) is 6.92 Å². The van der Waals surface area contributed by atoms with Crippen LogP contribution in [0.2, 0.25) is 5.02 Å². The molecule has 0 aliphatic rings. The number of amides is 1. The first-order chi connectivity index (χ1) is 10.5. The van der Waals surface area contributed by atoms with Gasteiger partial charge in [-0.1, -0.05) is 23.7 Å². The van der Waals surface area contributed by atoms with E-state index in [1.807, 2.05) is 0 Å². The van der Waals surface area contributed by atoms with Crippen LogP contribution in [0.15, 0.2) is 42.5 Å². The summed E-state index contributed by atoms with van der Waals surface area (Å²) < 4.78 is 13.6. The van der Waals surface area contributed by atoms with E-state index in [2.05, 4.69) is 10.6 Å². The number of Topliss-reactive ketones (excluding diaryl/α,β-unsaturated/α-hetero) is 1. The van der Waals surface area contributed by atoms with Crippen LogP contribution in [-0.4, -0.2) is 18.2 Å². The molecule has 0 aliphatic heterocycles. The molecule has 0 saturated carbocycles. The summed E-state index contributed by atoms with van der Waals surface area (Å²) in [5.41, 5.74) is 1.21. The summed E-state index contributed by atoms with van der Waals surface area (Å²) in [7, 11) is 0. The Morgan fingerprint density at radius 2 is 1.95 bits per heavy atom. The van der Waals surface area contributed by atoms with E-state index in [9.17, 15) is 14.0 Å². The molecule has 6 heteroatoms. The van der Waals surface area contributed by atoms with Gasteiger partial charge in [-0.15, -0.1) is 0 Å². The van der Waals surface area contributed by atoms with E-state index in [-0.39, 0.29) is 28.9 Å². The number of ketones is 1. The molecule has 0 aliphatic carbocycles. The third-order valence-electron chi connectivity index (χ3n) is 2.92. The maximum Gasteiger partial charge on any atom is 0.243 e. The standard InChI is InChI=1S/C16H14ClFN2O2/c1-10(21)11-3-2-4-13(7-11)20-16(22)9-19-15-6-5-12(17)8-14(15)18/h2-8,19H,9H2,1H3,(H,20,22). The fraction of sp³-hybridized carbons (Fsp3) is 0.125. The van der Waals surface area contributed by atoms with Crippen molar-refractivity contribution in [3.63, 3.8) is 0 Å². The van der Waals surface area contributed by atoms with Crippen LogP contribution in [0.1, 0.15) is 17.3 Å². The lowest BCUT2D eigenvalue weighted by molar-refractivity contribution is -0.114. The Kier molecular flexibility index (Phi) is 5.12. The molecular weight excluding hydrogens is 307 g/mol. The van der Waals surface area contributed by atoms with Crippen molar-refractivity contribution < 1.29 is 14.0 Å². The molecule has 0 bridgehead atoms. The molecule has 0 saturated heterocycles. The maximum absolute atomic E-state index is 13.6. The van der Waals surface area contributed by atoms with Gasteiger partial charge in [0.05, 0.1) is 12.2 Å². The Hall–Kier alpha value is -2.40. The Morgan fingerprint density at radius 3 is 2.64 bits per heavy atom. The van der Waals surface area contributed by atoms with Crippen LogP contribution in [-0.2, 0) is 4.79 Å². The van der Waals surface area contributed by atoms with E-state index in [1.165, 1.54) is 19.1 Å². The van der Waals surface area contributed by atoms with E-state index in [0.717, 1.165) is 6.07 Å². The molecule has 0 fully saturated rings. The highest BCUT2D eigenvalue weighted by Crippen LogP contribution is 2.18. The Morgan fingerprint density at radius 1 is 1.18 bits per heavy atom. The van der Waals surface area contributed by atoms with Crippen LogP contribution in [0.4, 0.5) is 15.8 Å². The van der Waals surface area contributed by atoms with Crippen molar-refractivity contribution in [2.75, 3.05) is 17.2 Å². The van der Waals surface area contributed by atoms with Crippen LogP contribution in [0.25, 0.3) is 0 Å². The summed E-state index contributed by atoms with van der Waals surface area (Å²) in [6.07, 6.45) is 0. The minimum atomic E-state index is -0.529. The highest BCUT2D eigenvalue weighted by molar-refractivity contribution is 6.30. The fourth-order valence-corrected chi connectivity index (χ4v) is 1.99. The predicted molar refractivity (Wildman–Crippen MR) is 85.0 cm³/mol. The number of carbonyl (C=O) groups is 2. The lowest BCUT2D eigenvalue weighted by Crippen LogP contribution is -2.22. The molecule has 0 unspecified atom stereocenters. The number of rotatable bonds is 5. The zero-order chi connectivity index (χ0) is 16.1. The molecule has 0 atom stereocenters. The highest BCUT2D eigenvalue weighted by Gasteiger charge is 2.07. The average Bonchev–Trinajstić information content (AvgIpc) is 2.46. The van der Waals surface area contributed by atoms with Gasteiger partial charge in [0.1, 0.15) is 5.82 Å². The minimum Gasteiger partial charge on any atom is -0.374 e. The van der Waals surface area contributed by atoms with Gasteiger partial charge in [-0.05, 0) is 37.3 Å². The summed E-state index contributed by atoms with van der Waals surface area (Å²) in [6, 6.07) is 10.8. The van der Waals surface area contributed by atoms with E-state index >= 15 is 0 Å². The molecule has 2 N–H and O–H groups in total. The molecule has 2 aromatic rings. The highest BCUT2D eigenvalue weighted by atomic mass is 35.5. The molecule has 2 rings (SSSR count). The largest absolute Gasteiger partial charge is 0.374 e. The minimum absolute atomic E-state index is 0.0857. The second-order valence-electron chi connectivity index (χ2n) is 4.66. The van der Waals surface area contributed by atoms with Gasteiger partial charge in [0.25, 0.3) is 0 Å². The lowest BCUT2D eigenvalue weighted by Gasteiger charge is -2.09. The van der Waals surface area contributed by atoms with Crippen molar-refractivity contribution in [2.24, 2.45) is 0 Å². The first-order valence-corrected chi connectivity index (χ1v) is 6.93. The van der Waals surface area contributed by atoms with Crippen molar-refractivity contribution in [3.8, 4) is 0 Å². The molecule has 22 heavy (non-hydrogen) atoms. The molecule has 0 radical (unpaired) electrons. The average molecular weight is 321 g/mol. The molecule has 0 aromatic heterocycles. The number of hydrogen-bond acceptors (Lipinski definition) is 3. The normalized spacial score (nSPS) is 10.1. The second-order valence-corrected chi connectivity index (χ2v) is 5.10. The number of halogens is 2. The van der Waals surface area contributed by atoms with Crippen LogP contribution in [0.3, 0.4) is 0 Å². The van der Waals surface area contributed by atoms with Crippen molar-refractivity contribution in [1.29, 1.82) is 0 Å². The molecule has 1 amide bonds. The summed E-state index contributed by atoms with van der Waals surface area (Å²) in [5, 5.41) is 5.61.